The lowest BCUT2D eigenvalue weighted by Crippen LogP contribution is -2.53. The molecule has 108 valence electrons. The number of nitrogens with two attached hydrogens (primary N) is 1. The Kier molecular flexibility index (Phi) is 6.65. The Labute approximate surface area is 114 Å². The summed E-state index contributed by atoms with van der Waals surface area (Å²) in [6, 6.07) is 0.210. The van der Waals surface area contributed by atoms with Crippen molar-refractivity contribution >= 4 is 0 Å². The monoisotopic (exact) mass is 255 g/mol. The Hall–Kier alpha value is -0.0800. The minimum absolute atomic E-state index is 0.0333. The predicted molar refractivity (Wildman–Crippen MR) is 78.7 cm³/mol. The molecule has 0 aromatic heterocycles. The van der Waals surface area contributed by atoms with Gasteiger partial charge in [0, 0.05) is 12.6 Å². The maximum absolute atomic E-state index is 6.54. The first kappa shape index (κ1) is 16.0. The van der Waals surface area contributed by atoms with Crippen molar-refractivity contribution in [1.82, 2.24) is 0 Å². The molecule has 0 bridgehead atoms. The highest BCUT2D eigenvalue weighted by atomic mass is 16.5. The first-order valence-corrected chi connectivity index (χ1v) is 7.93. The van der Waals surface area contributed by atoms with Crippen LogP contribution in [-0.2, 0) is 4.74 Å². The number of rotatable bonds is 7. The van der Waals surface area contributed by atoms with Crippen molar-refractivity contribution in [2.24, 2.45) is 17.6 Å². The van der Waals surface area contributed by atoms with Gasteiger partial charge < -0.3 is 10.5 Å². The van der Waals surface area contributed by atoms with Gasteiger partial charge in [0.2, 0.25) is 0 Å². The van der Waals surface area contributed by atoms with Gasteiger partial charge in [0.25, 0.3) is 0 Å². The van der Waals surface area contributed by atoms with Gasteiger partial charge in [-0.25, -0.2) is 0 Å². The molecule has 4 atom stereocenters. The van der Waals surface area contributed by atoms with Gasteiger partial charge in [-0.1, -0.05) is 46.5 Å². The highest BCUT2D eigenvalue weighted by Crippen LogP contribution is 2.39. The molecule has 0 aromatic carbocycles. The fourth-order valence-corrected chi connectivity index (χ4v) is 3.67. The van der Waals surface area contributed by atoms with Crippen LogP contribution in [0.1, 0.15) is 72.6 Å². The molecule has 1 rings (SSSR count). The molecule has 0 radical (unpaired) electrons. The molecule has 1 aliphatic carbocycles. The molecule has 2 nitrogen and oxygen atoms in total. The summed E-state index contributed by atoms with van der Waals surface area (Å²) in [6.45, 7) is 9.82. The van der Waals surface area contributed by atoms with Crippen LogP contribution >= 0.6 is 0 Å². The third kappa shape index (κ3) is 4.24. The standard InChI is InChI=1S/C16H33NO/c1-5-8-13(3)11-15(17)16(18-6-2)10-7-9-14(4)12-16/h13-15H,5-12,17H2,1-4H3. The summed E-state index contributed by atoms with van der Waals surface area (Å²) in [7, 11) is 0. The third-order valence-electron chi connectivity index (χ3n) is 4.54. The molecule has 18 heavy (non-hydrogen) atoms. The largest absolute Gasteiger partial charge is 0.374 e. The summed E-state index contributed by atoms with van der Waals surface area (Å²) in [6.07, 6.45) is 8.58. The highest BCUT2D eigenvalue weighted by Gasteiger charge is 2.41. The molecular weight excluding hydrogens is 222 g/mol. The summed E-state index contributed by atoms with van der Waals surface area (Å²) in [5.41, 5.74) is 6.50. The van der Waals surface area contributed by atoms with E-state index in [9.17, 15) is 0 Å². The lowest BCUT2D eigenvalue weighted by Gasteiger charge is -2.44. The van der Waals surface area contributed by atoms with Gasteiger partial charge in [-0.3, -0.25) is 0 Å². The van der Waals surface area contributed by atoms with Crippen molar-refractivity contribution in [3.63, 3.8) is 0 Å². The van der Waals surface area contributed by atoms with Crippen LogP contribution in [0.15, 0.2) is 0 Å². The molecule has 1 aliphatic rings. The molecule has 4 unspecified atom stereocenters. The topological polar surface area (TPSA) is 35.2 Å². The Balaban J connectivity index is 2.64. The first-order valence-electron chi connectivity index (χ1n) is 7.93. The van der Waals surface area contributed by atoms with Crippen molar-refractivity contribution in [1.29, 1.82) is 0 Å². The lowest BCUT2D eigenvalue weighted by atomic mass is 9.72. The maximum atomic E-state index is 6.54. The molecular formula is C16H33NO. The van der Waals surface area contributed by atoms with Crippen LogP contribution in [0.4, 0.5) is 0 Å². The zero-order valence-electron chi connectivity index (χ0n) is 12.9. The van der Waals surface area contributed by atoms with Crippen LogP contribution in [0.2, 0.25) is 0 Å². The summed E-state index contributed by atoms with van der Waals surface area (Å²) in [4.78, 5) is 0. The number of hydrogen-bond acceptors (Lipinski definition) is 2. The van der Waals surface area contributed by atoms with Crippen LogP contribution < -0.4 is 5.73 Å². The van der Waals surface area contributed by atoms with Crippen molar-refractivity contribution in [2.45, 2.75) is 84.3 Å². The molecule has 0 heterocycles. The molecule has 1 fully saturated rings. The molecule has 0 aromatic rings. The van der Waals surface area contributed by atoms with E-state index in [1.807, 2.05) is 0 Å². The Morgan fingerprint density at radius 1 is 1.39 bits per heavy atom. The zero-order chi connectivity index (χ0) is 13.6. The fourth-order valence-electron chi connectivity index (χ4n) is 3.67. The van der Waals surface area contributed by atoms with Crippen LogP contribution in [0, 0.1) is 11.8 Å². The van der Waals surface area contributed by atoms with Crippen molar-refractivity contribution in [3.05, 3.63) is 0 Å². The van der Waals surface area contributed by atoms with Crippen molar-refractivity contribution < 1.29 is 4.74 Å². The molecule has 0 amide bonds. The maximum Gasteiger partial charge on any atom is 0.0835 e. The average molecular weight is 255 g/mol. The Morgan fingerprint density at radius 2 is 2.11 bits per heavy atom. The highest BCUT2D eigenvalue weighted by molar-refractivity contribution is 4.96. The summed E-state index contributed by atoms with van der Waals surface area (Å²) >= 11 is 0. The van der Waals surface area contributed by atoms with E-state index in [0.717, 1.165) is 37.7 Å². The Bertz CT molecular complexity index is 227. The quantitative estimate of drug-likeness (QED) is 0.742. The second-order valence-corrected chi connectivity index (χ2v) is 6.44. The van der Waals surface area contributed by atoms with Crippen LogP contribution in [0.5, 0.6) is 0 Å². The van der Waals surface area contributed by atoms with E-state index >= 15 is 0 Å². The normalized spacial score (nSPS) is 32.2. The molecule has 2 N–H and O–H groups in total. The van der Waals surface area contributed by atoms with Crippen LogP contribution in [0.3, 0.4) is 0 Å². The molecule has 0 spiro atoms. The summed E-state index contributed by atoms with van der Waals surface area (Å²) in [5, 5.41) is 0. The van der Waals surface area contributed by atoms with Gasteiger partial charge in [-0.2, -0.15) is 0 Å². The smallest absolute Gasteiger partial charge is 0.0835 e. The van der Waals surface area contributed by atoms with Crippen LogP contribution in [-0.4, -0.2) is 18.2 Å². The summed E-state index contributed by atoms with van der Waals surface area (Å²) < 4.78 is 6.16. The first-order chi connectivity index (χ1) is 8.54. The number of ether oxygens (including phenoxy) is 1. The lowest BCUT2D eigenvalue weighted by molar-refractivity contribution is -0.0962. The average Bonchev–Trinajstić information content (AvgIpc) is 2.29. The fraction of sp³-hybridized carbons (Fsp3) is 1.00. The van der Waals surface area contributed by atoms with E-state index in [-0.39, 0.29) is 11.6 Å². The number of hydrogen-bond donors (Lipinski definition) is 1. The molecule has 0 aliphatic heterocycles. The van der Waals surface area contributed by atoms with E-state index in [4.69, 9.17) is 10.5 Å². The SMILES string of the molecule is CCCC(C)CC(N)C1(OCC)CCCC(C)C1. The van der Waals surface area contributed by atoms with Crippen molar-refractivity contribution in [2.75, 3.05) is 6.61 Å². The second kappa shape index (κ2) is 7.49. The van der Waals surface area contributed by atoms with E-state index in [1.54, 1.807) is 0 Å². The minimum Gasteiger partial charge on any atom is -0.374 e. The van der Waals surface area contributed by atoms with Gasteiger partial charge in [0.1, 0.15) is 0 Å². The van der Waals surface area contributed by atoms with Gasteiger partial charge >= 0.3 is 0 Å². The molecule has 1 saturated carbocycles. The van der Waals surface area contributed by atoms with E-state index in [0.29, 0.717) is 0 Å². The molecule has 0 saturated heterocycles. The Morgan fingerprint density at radius 3 is 2.67 bits per heavy atom. The second-order valence-electron chi connectivity index (χ2n) is 6.44. The van der Waals surface area contributed by atoms with E-state index in [1.165, 1.54) is 25.7 Å². The van der Waals surface area contributed by atoms with Crippen molar-refractivity contribution in [3.8, 4) is 0 Å². The van der Waals surface area contributed by atoms with Crippen LogP contribution in [0.25, 0.3) is 0 Å². The van der Waals surface area contributed by atoms with Gasteiger partial charge in [0.15, 0.2) is 0 Å². The van der Waals surface area contributed by atoms with E-state index < -0.39 is 0 Å². The van der Waals surface area contributed by atoms with E-state index in [2.05, 4.69) is 27.7 Å². The molecule has 2 heteroatoms. The van der Waals surface area contributed by atoms with Gasteiger partial charge in [-0.15, -0.1) is 0 Å². The van der Waals surface area contributed by atoms with Gasteiger partial charge in [-0.05, 0) is 38.0 Å². The summed E-state index contributed by atoms with van der Waals surface area (Å²) in [5.74, 6) is 1.48. The third-order valence-corrected chi connectivity index (χ3v) is 4.54. The zero-order valence-corrected chi connectivity index (χ0v) is 12.9. The van der Waals surface area contributed by atoms with Gasteiger partial charge in [0.05, 0.1) is 5.60 Å². The predicted octanol–water partition coefficient (Wildman–Crippen LogP) is 4.13. The minimum atomic E-state index is -0.0333.